The van der Waals surface area contributed by atoms with E-state index in [1.165, 1.54) is 0 Å². The molecule has 0 aromatic carbocycles. The molecule has 0 saturated carbocycles. The van der Waals surface area contributed by atoms with E-state index in [2.05, 4.69) is 31.9 Å². The van der Waals surface area contributed by atoms with E-state index < -0.39 is 9.84 Å². The summed E-state index contributed by atoms with van der Waals surface area (Å²) in [6.07, 6.45) is 0. The monoisotopic (exact) mass is 290 g/mol. The molecule has 1 fully saturated rings. The molecular weight excluding hydrogens is 284 g/mol. The fourth-order valence-electron chi connectivity index (χ4n) is 0.958. The van der Waals surface area contributed by atoms with Crippen LogP contribution in [-0.4, -0.2) is 29.1 Å². The first-order valence-electron chi connectivity index (χ1n) is 2.95. The van der Waals surface area contributed by atoms with Crippen molar-refractivity contribution in [3.05, 3.63) is 0 Å². The van der Waals surface area contributed by atoms with E-state index >= 15 is 0 Å². The molecule has 0 radical (unpaired) electrons. The standard InChI is InChI=1S/C5H8Br2O2S/c1-3-5(7)4(6)2-10(3,8)9/h3-5H,2H2,1H3/t3-,4+,5-/m1/s1. The zero-order valence-electron chi connectivity index (χ0n) is 5.42. The van der Waals surface area contributed by atoms with Crippen LogP contribution in [0.15, 0.2) is 0 Å². The molecule has 0 aromatic rings. The van der Waals surface area contributed by atoms with E-state index in [4.69, 9.17) is 0 Å². The van der Waals surface area contributed by atoms with Gasteiger partial charge in [0.2, 0.25) is 0 Å². The second kappa shape index (κ2) is 2.75. The van der Waals surface area contributed by atoms with Gasteiger partial charge in [-0.25, -0.2) is 8.42 Å². The van der Waals surface area contributed by atoms with Crippen LogP contribution in [0.4, 0.5) is 0 Å². The average Bonchev–Trinajstić information content (AvgIpc) is 1.95. The molecule has 0 spiro atoms. The zero-order chi connectivity index (χ0) is 7.94. The van der Waals surface area contributed by atoms with Gasteiger partial charge in [0.15, 0.2) is 9.84 Å². The third-order valence-electron chi connectivity index (χ3n) is 1.75. The van der Waals surface area contributed by atoms with Crippen molar-refractivity contribution in [3.63, 3.8) is 0 Å². The summed E-state index contributed by atoms with van der Waals surface area (Å²) in [7, 11) is -2.82. The molecule has 2 nitrogen and oxygen atoms in total. The average molecular weight is 292 g/mol. The zero-order valence-corrected chi connectivity index (χ0v) is 9.41. The first-order valence-corrected chi connectivity index (χ1v) is 6.49. The van der Waals surface area contributed by atoms with E-state index in [1.807, 2.05) is 0 Å². The maximum atomic E-state index is 11.1. The van der Waals surface area contributed by atoms with Gasteiger partial charge in [0.05, 0.1) is 11.0 Å². The first kappa shape index (κ1) is 9.00. The molecule has 1 aliphatic heterocycles. The van der Waals surface area contributed by atoms with Gasteiger partial charge in [0.1, 0.15) is 0 Å². The number of rotatable bonds is 0. The van der Waals surface area contributed by atoms with E-state index in [0.717, 1.165) is 0 Å². The van der Waals surface area contributed by atoms with Gasteiger partial charge in [-0.05, 0) is 6.92 Å². The highest BCUT2D eigenvalue weighted by molar-refractivity contribution is 9.12. The molecule has 1 rings (SSSR count). The summed E-state index contributed by atoms with van der Waals surface area (Å²) < 4.78 is 22.2. The molecule has 60 valence electrons. The van der Waals surface area contributed by atoms with Gasteiger partial charge in [-0.3, -0.25) is 0 Å². The third-order valence-corrected chi connectivity index (χ3v) is 7.81. The molecule has 1 saturated heterocycles. The molecule has 0 aliphatic carbocycles. The van der Waals surface area contributed by atoms with Crippen molar-refractivity contribution < 1.29 is 8.42 Å². The SMILES string of the molecule is C[C@@H]1[C@@H](Br)[C@@H](Br)CS1(=O)=O. The Labute approximate surface area is 77.6 Å². The fourth-order valence-corrected chi connectivity index (χ4v) is 5.68. The Hall–Kier alpha value is 0.910. The summed E-state index contributed by atoms with van der Waals surface area (Å²) in [6, 6.07) is 0. The quantitative estimate of drug-likeness (QED) is 0.631. The molecule has 0 bridgehead atoms. The lowest BCUT2D eigenvalue weighted by Gasteiger charge is -2.06. The summed E-state index contributed by atoms with van der Waals surface area (Å²) >= 11 is 6.61. The molecule has 0 amide bonds. The maximum Gasteiger partial charge on any atom is 0.155 e. The molecule has 5 heteroatoms. The smallest absolute Gasteiger partial charge is 0.155 e. The summed E-state index contributed by atoms with van der Waals surface area (Å²) in [5.41, 5.74) is 0. The Morgan fingerprint density at radius 2 is 1.90 bits per heavy atom. The molecule has 1 heterocycles. The van der Waals surface area contributed by atoms with Crippen LogP contribution in [0.5, 0.6) is 0 Å². The Morgan fingerprint density at radius 3 is 2.00 bits per heavy atom. The van der Waals surface area contributed by atoms with Gasteiger partial charge < -0.3 is 0 Å². The van der Waals surface area contributed by atoms with Gasteiger partial charge in [-0.15, -0.1) is 0 Å². The minimum atomic E-state index is -2.82. The van der Waals surface area contributed by atoms with Crippen molar-refractivity contribution in [1.82, 2.24) is 0 Å². The number of hydrogen-bond acceptors (Lipinski definition) is 2. The number of hydrogen-bond donors (Lipinski definition) is 0. The van der Waals surface area contributed by atoms with Crippen LogP contribution in [0, 0.1) is 0 Å². The van der Waals surface area contributed by atoms with Crippen molar-refractivity contribution in [1.29, 1.82) is 0 Å². The third kappa shape index (κ3) is 1.41. The Balaban J connectivity index is 2.93. The lowest BCUT2D eigenvalue weighted by molar-refractivity contribution is 0.594. The van der Waals surface area contributed by atoms with Crippen molar-refractivity contribution in [2.75, 3.05) is 5.75 Å². The normalized spacial score (nSPS) is 45.7. The van der Waals surface area contributed by atoms with Crippen LogP contribution in [0.1, 0.15) is 6.92 Å². The number of halogens is 2. The van der Waals surface area contributed by atoms with Gasteiger partial charge in [-0.2, -0.15) is 0 Å². The minimum absolute atomic E-state index is 0.0671. The lowest BCUT2D eigenvalue weighted by atomic mass is 10.3. The summed E-state index contributed by atoms with van der Waals surface area (Å²) in [4.78, 5) is 0.144. The predicted molar refractivity (Wildman–Crippen MR) is 48.7 cm³/mol. The fraction of sp³-hybridized carbons (Fsp3) is 1.00. The van der Waals surface area contributed by atoms with E-state index in [9.17, 15) is 8.42 Å². The van der Waals surface area contributed by atoms with E-state index in [-0.39, 0.29) is 20.7 Å². The van der Waals surface area contributed by atoms with Gasteiger partial charge >= 0.3 is 0 Å². The second-order valence-corrected chi connectivity index (χ2v) is 7.13. The number of sulfone groups is 1. The highest BCUT2D eigenvalue weighted by atomic mass is 79.9. The van der Waals surface area contributed by atoms with Crippen LogP contribution >= 0.6 is 31.9 Å². The van der Waals surface area contributed by atoms with Crippen molar-refractivity contribution in [3.8, 4) is 0 Å². The molecular formula is C5H8Br2O2S. The molecule has 1 aliphatic rings. The molecule has 3 atom stereocenters. The molecule has 10 heavy (non-hydrogen) atoms. The van der Waals surface area contributed by atoms with E-state index in [1.54, 1.807) is 6.92 Å². The Kier molecular flexibility index (Phi) is 2.48. The molecule has 0 aromatic heterocycles. The van der Waals surface area contributed by atoms with Gasteiger partial charge in [0.25, 0.3) is 0 Å². The van der Waals surface area contributed by atoms with E-state index in [0.29, 0.717) is 0 Å². The van der Waals surface area contributed by atoms with Gasteiger partial charge in [0, 0.05) is 9.65 Å². The lowest BCUT2D eigenvalue weighted by Crippen LogP contribution is -2.19. The van der Waals surface area contributed by atoms with Crippen molar-refractivity contribution in [2.24, 2.45) is 0 Å². The highest BCUT2D eigenvalue weighted by Gasteiger charge is 2.41. The predicted octanol–water partition coefficient (Wildman–Crippen LogP) is 1.33. The van der Waals surface area contributed by atoms with Crippen LogP contribution in [-0.2, 0) is 9.84 Å². The van der Waals surface area contributed by atoms with Crippen molar-refractivity contribution >= 4 is 41.7 Å². The number of alkyl halides is 2. The van der Waals surface area contributed by atoms with Crippen LogP contribution in [0.3, 0.4) is 0 Å². The van der Waals surface area contributed by atoms with Crippen molar-refractivity contribution in [2.45, 2.75) is 21.8 Å². The first-order chi connectivity index (χ1) is 4.45. The second-order valence-electron chi connectivity index (χ2n) is 2.50. The Bertz CT molecular complexity index is 224. The van der Waals surface area contributed by atoms with Crippen LogP contribution < -0.4 is 0 Å². The topological polar surface area (TPSA) is 34.1 Å². The molecule has 0 N–H and O–H groups in total. The summed E-state index contributed by atoms with van der Waals surface area (Å²) in [6.45, 7) is 1.73. The van der Waals surface area contributed by atoms with Gasteiger partial charge in [-0.1, -0.05) is 31.9 Å². The summed E-state index contributed by atoms with van der Waals surface area (Å²) in [5.74, 6) is 0.254. The Morgan fingerprint density at radius 1 is 1.40 bits per heavy atom. The minimum Gasteiger partial charge on any atom is -0.228 e. The van der Waals surface area contributed by atoms with Crippen LogP contribution in [0.25, 0.3) is 0 Å². The molecule has 0 unspecified atom stereocenters. The maximum absolute atomic E-state index is 11.1. The largest absolute Gasteiger partial charge is 0.228 e. The van der Waals surface area contributed by atoms with Crippen LogP contribution in [0.2, 0.25) is 0 Å². The highest BCUT2D eigenvalue weighted by Crippen LogP contribution is 2.31. The summed E-state index contributed by atoms with van der Waals surface area (Å²) in [5, 5.41) is -0.253.